The second-order valence-corrected chi connectivity index (χ2v) is 10.2. The summed E-state index contributed by atoms with van der Waals surface area (Å²) in [5.41, 5.74) is 5.88. The van der Waals surface area contributed by atoms with Gasteiger partial charge in [0.05, 0.1) is 12.6 Å². The van der Waals surface area contributed by atoms with E-state index in [1.807, 2.05) is 4.90 Å². The summed E-state index contributed by atoms with van der Waals surface area (Å²) in [5, 5.41) is 12.5. The molecule has 2 saturated heterocycles. The lowest BCUT2D eigenvalue weighted by atomic mass is 10.00. The number of piperazine rings is 1. The monoisotopic (exact) mass is 440 g/mol. The Balaban J connectivity index is 1.35. The first-order valence-corrected chi connectivity index (χ1v) is 12.3. The number of carbonyl (C=O) groups is 1. The molecule has 4 rings (SSSR count). The molecule has 1 atom stereocenters. The van der Waals surface area contributed by atoms with E-state index in [2.05, 4.69) is 54.6 Å². The molecular formula is C26H40N4O2. The van der Waals surface area contributed by atoms with Crippen molar-refractivity contribution in [2.45, 2.75) is 65.1 Å². The number of hydrogen-bond donors (Lipinski definition) is 2. The molecule has 0 aromatic heterocycles. The fourth-order valence-electron chi connectivity index (χ4n) is 5.63. The van der Waals surface area contributed by atoms with Crippen LogP contribution < -0.4 is 5.32 Å². The lowest BCUT2D eigenvalue weighted by Gasteiger charge is -2.43. The van der Waals surface area contributed by atoms with E-state index < -0.39 is 0 Å². The predicted octanol–water partition coefficient (Wildman–Crippen LogP) is 3.13. The molecule has 3 aliphatic rings. The van der Waals surface area contributed by atoms with E-state index in [-0.39, 0.29) is 12.0 Å². The van der Waals surface area contributed by atoms with Gasteiger partial charge in [0, 0.05) is 56.7 Å². The van der Waals surface area contributed by atoms with Crippen molar-refractivity contribution >= 4 is 11.6 Å². The molecule has 1 aromatic rings. The number of aryl methyl sites for hydroxylation is 1. The summed E-state index contributed by atoms with van der Waals surface area (Å²) < 4.78 is 0. The standard InChI is InChI=1S/C26H40N4O2/c1-18-11-23(20(3)25(12-18)27-26(32)17-29-15-24(31)16-29)14-28-9-10-30(19(2)13-28)21(4)22-7-5-6-8-22/h11-12,19,22,24,31H,4-10,13-17H2,1-3H3,(H,27,32)/t19-/m0/s1. The van der Waals surface area contributed by atoms with Crippen molar-refractivity contribution in [1.29, 1.82) is 0 Å². The number of nitrogens with one attached hydrogen (secondary N) is 1. The molecule has 2 N–H and O–H groups in total. The number of allylic oxidation sites excluding steroid dienone is 1. The summed E-state index contributed by atoms with van der Waals surface area (Å²) in [6.45, 7) is 16.5. The van der Waals surface area contributed by atoms with Crippen LogP contribution in [0.3, 0.4) is 0 Å². The fourth-order valence-corrected chi connectivity index (χ4v) is 5.63. The van der Waals surface area contributed by atoms with Crippen molar-refractivity contribution in [2.24, 2.45) is 5.92 Å². The molecule has 0 bridgehead atoms. The minimum absolute atomic E-state index is 0.00999. The third-order valence-corrected chi connectivity index (χ3v) is 7.54. The molecule has 1 aliphatic carbocycles. The van der Waals surface area contributed by atoms with Gasteiger partial charge in [-0.2, -0.15) is 0 Å². The molecule has 6 heteroatoms. The zero-order valence-corrected chi connectivity index (χ0v) is 20.1. The van der Waals surface area contributed by atoms with Crippen LogP contribution in [0, 0.1) is 19.8 Å². The van der Waals surface area contributed by atoms with Crippen molar-refractivity contribution in [3.05, 3.63) is 41.1 Å². The van der Waals surface area contributed by atoms with Crippen LogP contribution in [0.1, 0.15) is 49.3 Å². The van der Waals surface area contributed by atoms with Crippen molar-refractivity contribution in [1.82, 2.24) is 14.7 Å². The fraction of sp³-hybridized carbons (Fsp3) is 0.654. The van der Waals surface area contributed by atoms with E-state index in [0.29, 0.717) is 31.6 Å². The van der Waals surface area contributed by atoms with Crippen LogP contribution in [0.15, 0.2) is 24.4 Å². The molecule has 176 valence electrons. The van der Waals surface area contributed by atoms with E-state index in [1.165, 1.54) is 42.5 Å². The van der Waals surface area contributed by atoms with Crippen molar-refractivity contribution in [3.8, 4) is 0 Å². The number of benzene rings is 1. The van der Waals surface area contributed by atoms with Crippen molar-refractivity contribution < 1.29 is 9.90 Å². The number of aliphatic hydroxyl groups excluding tert-OH is 1. The molecule has 2 aliphatic heterocycles. The number of aliphatic hydroxyl groups is 1. The number of amides is 1. The molecule has 32 heavy (non-hydrogen) atoms. The molecule has 0 unspecified atom stereocenters. The largest absolute Gasteiger partial charge is 0.390 e. The smallest absolute Gasteiger partial charge is 0.238 e. The first-order chi connectivity index (χ1) is 15.3. The zero-order valence-electron chi connectivity index (χ0n) is 20.1. The number of β-amino-alcohol motifs (C(OH)–C–C–N with tert-alkyl or cyclic N) is 1. The average molecular weight is 441 g/mol. The Morgan fingerprint density at radius 3 is 2.50 bits per heavy atom. The molecule has 1 amide bonds. The van der Waals surface area contributed by atoms with Gasteiger partial charge in [-0.1, -0.05) is 25.5 Å². The first kappa shape index (κ1) is 23.3. The average Bonchev–Trinajstić information content (AvgIpc) is 3.25. The minimum Gasteiger partial charge on any atom is -0.390 e. The molecule has 1 saturated carbocycles. The Morgan fingerprint density at radius 1 is 1.12 bits per heavy atom. The van der Waals surface area contributed by atoms with Crippen LogP contribution in [0.25, 0.3) is 0 Å². The Morgan fingerprint density at radius 2 is 1.84 bits per heavy atom. The molecule has 3 fully saturated rings. The molecule has 6 nitrogen and oxygen atoms in total. The first-order valence-electron chi connectivity index (χ1n) is 12.3. The quantitative estimate of drug-likeness (QED) is 0.682. The zero-order chi connectivity index (χ0) is 22.8. The van der Waals surface area contributed by atoms with E-state index in [9.17, 15) is 9.90 Å². The maximum atomic E-state index is 12.5. The van der Waals surface area contributed by atoms with Gasteiger partial charge in [-0.05, 0) is 62.3 Å². The highest BCUT2D eigenvalue weighted by atomic mass is 16.3. The van der Waals surface area contributed by atoms with Crippen LogP contribution in [-0.4, -0.2) is 77.1 Å². The number of rotatable bonds is 7. The van der Waals surface area contributed by atoms with Crippen molar-refractivity contribution in [3.63, 3.8) is 0 Å². The minimum atomic E-state index is -0.284. The van der Waals surface area contributed by atoms with Gasteiger partial charge >= 0.3 is 0 Å². The van der Waals surface area contributed by atoms with Crippen LogP contribution in [0.4, 0.5) is 5.69 Å². The van der Waals surface area contributed by atoms with Gasteiger partial charge in [0.1, 0.15) is 0 Å². The summed E-state index contributed by atoms with van der Waals surface area (Å²) >= 11 is 0. The Kier molecular flexibility index (Phi) is 7.23. The highest BCUT2D eigenvalue weighted by molar-refractivity contribution is 5.93. The number of carbonyl (C=O) groups excluding carboxylic acids is 1. The predicted molar refractivity (Wildman–Crippen MR) is 130 cm³/mol. The number of likely N-dealkylation sites (tertiary alicyclic amines) is 1. The Bertz CT molecular complexity index is 842. The normalized spacial score (nSPS) is 23.4. The highest BCUT2D eigenvalue weighted by Crippen LogP contribution is 2.34. The summed E-state index contributed by atoms with van der Waals surface area (Å²) in [4.78, 5) is 19.5. The maximum Gasteiger partial charge on any atom is 0.238 e. The van der Waals surface area contributed by atoms with E-state index >= 15 is 0 Å². The van der Waals surface area contributed by atoms with Gasteiger partial charge in [-0.15, -0.1) is 0 Å². The van der Waals surface area contributed by atoms with E-state index in [0.717, 1.165) is 37.4 Å². The Hall–Kier alpha value is -1.89. The second-order valence-electron chi connectivity index (χ2n) is 10.2. The summed E-state index contributed by atoms with van der Waals surface area (Å²) in [6, 6.07) is 4.80. The summed E-state index contributed by atoms with van der Waals surface area (Å²) in [6.07, 6.45) is 5.03. The van der Waals surface area contributed by atoms with Crippen LogP contribution in [-0.2, 0) is 11.3 Å². The van der Waals surface area contributed by atoms with Gasteiger partial charge < -0.3 is 15.3 Å². The lowest BCUT2D eigenvalue weighted by Crippen LogP contribution is -2.53. The SMILES string of the molecule is C=C(C1CCCC1)N1CCN(Cc2cc(C)cc(NC(=O)CN3CC(O)C3)c2C)C[C@@H]1C. The third kappa shape index (κ3) is 5.36. The summed E-state index contributed by atoms with van der Waals surface area (Å²) in [5.74, 6) is 0.679. The van der Waals surface area contributed by atoms with Gasteiger partial charge in [0.15, 0.2) is 0 Å². The van der Waals surface area contributed by atoms with Gasteiger partial charge in [-0.3, -0.25) is 14.6 Å². The van der Waals surface area contributed by atoms with Gasteiger partial charge in [0.2, 0.25) is 5.91 Å². The Labute approximate surface area is 193 Å². The van der Waals surface area contributed by atoms with Crippen molar-refractivity contribution in [2.75, 3.05) is 44.6 Å². The maximum absolute atomic E-state index is 12.5. The molecule has 0 radical (unpaired) electrons. The van der Waals surface area contributed by atoms with E-state index in [1.54, 1.807) is 0 Å². The van der Waals surface area contributed by atoms with Crippen LogP contribution in [0.5, 0.6) is 0 Å². The number of anilines is 1. The lowest BCUT2D eigenvalue weighted by molar-refractivity contribution is -0.119. The molecule has 0 spiro atoms. The van der Waals surface area contributed by atoms with Gasteiger partial charge in [0.25, 0.3) is 0 Å². The van der Waals surface area contributed by atoms with Crippen LogP contribution in [0.2, 0.25) is 0 Å². The molecular weight excluding hydrogens is 400 g/mol. The summed E-state index contributed by atoms with van der Waals surface area (Å²) in [7, 11) is 0. The number of nitrogens with zero attached hydrogens (tertiary/aromatic N) is 3. The second kappa shape index (κ2) is 9.94. The topological polar surface area (TPSA) is 59.0 Å². The third-order valence-electron chi connectivity index (χ3n) is 7.54. The molecule has 2 heterocycles. The van der Waals surface area contributed by atoms with E-state index in [4.69, 9.17) is 0 Å². The van der Waals surface area contributed by atoms with Crippen LogP contribution >= 0.6 is 0 Å². The molecule has 1 aromatic carbocycles. The number of hydrogen-bond acceptors (Lipinski definition) is 5. The highest BCUT2D eigenvalue weighted by Gasteiger charge is 2.30. The van der Waals surface area contributed by atoms with Gasteiger partial charge in [-0.25, -0.2) is 0 Å².